The van der Waals surface area contributed by atoms with Crippen LogP contribution in [0.5, 0.6) is 5.75 Å². The van der Waals surface area contributed by atoms with Crippen LogP contribution < -0.4 is 5.32 Å². The van der Waals surface area contributed by atoms with Crippen molar-refractivity contribution in [1.29, 1.82) is 0 Å². The highest BCUT2D eigenvalue weighted by atomic mass is 35.5. The van der Waals surface area contributed by atoms with Crippen LogP contribution in [-0.2, 0) is 0 Å². The van der Waals surface area contributed by atoms with Crippen LogP contribution in [0.4, 0.5) is 0 Å². The van der Waals surface area contributed by atoms with Crippen LogP contribution in [0.2, 0.25) is 5.02 Å². The monoisotopic (exact) mass is 289 g/mol. The van der Waals surface area contributed by atoms with Crippen molar-refractivity contribution in [3.05, 3.63) is 64.2 Å². The van der Waals surface area contributed by atoms with E-state index < -0.39 is 0 Å². The number of aromatic hydroxyl groups is 1. The molecular weight excluding hydrogens is 270 g/mol. The van der Waals surface area contributed by atoms with Crippen LogP contribution in [0.1, 0.15) is 42.6 Å². The fourth-order valence-electron chi connectivity index (χ4n) is 2.33. The lowest BCUT2D eigenvalue weighted by atomic mass is 10.0. The third kappa shape index (κ3) is 3.53. The first-order chi connectivity index (χ1) is 9.47. The van der Waals surface area contributed by atoms with E-state index in [1.165, 1.54) is 5.56 Å². The van der Waals surface area contributed by atoms with E-state index in [2.05, 4.69) is 19.2 Å². The highest BCUT2D eigenvalue weighted by Crippen LogP contribution is 2.27. The summed E-state index contributed by atoms with van der Waals surface area (Å²) < 4.78 is 0. The van der Waals surface area contributed by atoms with Gasteiger partial charge in [-0.15, -0.1) is 0 Å². The third-order valence-corrected chi connectivity index (χ3v) is 3.77. The van der Waals surface area contributed by atoms with Gasteiger partial charge in [-0.25, -0.2) is 0 Å². The molecule has 2 aromatic carbocycles. The van der Waals surface area contributed by atoms with Crippen molar-refractivity contribution in [1.82, 2.24) is 5.32 Å². The van der Waals surface area contributed by atoms with Gasteiger partial charge in [0.15, 0.2) is 0 Å². The van der Waals surface area contributed by atoms with E-state index in [9.17, 15) is 5.11 Å². The van der Waals surface area contributed by atoms with Gasteiger partial charge in [0.25, 0.3) is 0 Å². The zero-order valence-corrected chi connectivity index (χ0v) is 12.8. The first-order valence-electron chi connectivity index (χ1n) is 6.78. The molecule has 0 radical (unpaired) electrons. The predicted octanol–water partition coefficient (Wildman–Crippen LogP) is 4.77. The number of rotatable bonds is 4. The highest BCUT2D eigenvalue weighted by molar-refractivity contribution is 6.30. The van der Waals surface area contributed by atoms with E-state index in [0.29, 0.717) is 5.75 Å². The van der Waals surface area contributed by atoms with Gasteiger partial charge < -0.3 is 10.4 Å². The fraction of sp³-hybridized carbons (Fsp3) is 0.294. The molecule has 3 heteroatoms. The maximum atomic E-state index is 9.97. The van der Waals surface area contributed by atoms with E-state index in [4.69, 9.17) is 11.6 Å². The van der Waals surface area contributed by atoms with Gasteiger partial charge in [0, 0.05) is 22.7 Å². The molecule has 0 saturated heterocycles. The molecule has 0 amide bonds. The van der Waals surface area contributed by atoms with Crippen LogP contribution in [0, 0.1) is 6.92 Å². The van der Waals surface area contributed by atoms with E-state index >= 15 is 0 Å². The van der Waals surface area contributed by atoms with Crippen molar-refractivity contribution in [3.8, 4) is 5.75 Å². The largest absolute Gasteiger partial charge is 0.508 e. The summed E-state index contributed by atoms with van der Waals surface area (Å²) >= 11 is 5.90. The smallest absolute Gasteiger partial charge is 0.120 e. The zero-order chi connectivity index (χ0) is 14.7. The number of halogens is 1. The van der Waals surface area contributed by atoms with Crippen molar-refractivity contribution in [2.75, 3.05) is 0 Å². The average molecular weight is 290 g/mol. The Morgan fingerprint density at radius 2 is 1.65 bits per heavy atom. The molecule has 2 nitrogen and oxygen atoms in total. The summed E-state index contributed by atoms with van der Waals surface area (Å²) in [5.74, 6) is 0.332. The number of phenols is 1. The Morgan fingerprint density at radius 1 is 1.00 bits per heavy atom. The molecule has 0 aromatic heterocycles. The predicted molar refractivity (Wildman–Crippen MR) is 84.3 cm³/mol. The SMILES string of the molecule is Cc1ccc(O)c(C(C)NC(C)c2ccc(Cl)cc2)c1. The number of nitrogens with one attached hydrogen (secondary N) is 1. The van der Waals surface area contributed by atoms with Crippen LogP contribution >= 0.6 is 11.6 Å². The zero-order valence-electron chi connectivity index (χ0n) is 12.0. The van der Waals surface area contributed by atoms with Crippen LogP contribution in [0.25, 0.3) is 0 Å². The summed E-state index contributed by atoms with van der Waals surface area (Å²) in [5, 5.41) is 14.2. The second-order valence-electron chi connectivity index (χ2n) is 5.22. The molecule has 0 heterocycles. The summed E-state index contributed by atoms with van der Waals surface area (Å²) in [4.78, 5) is 0. The minimum Gasteiger partial charge on any atom is -0.508 e. The topological polar surface area (TPSA) is 32.3 Å². The summed E-state index contributed by atoms with van der Waals surface area (Å²) in [5.41, 5.74) is 3.24. The standard InChI is InChI=1S/C17H20ClNO/c1-11-4-9-17(20)16(10-11)13(3)19-12(2)14-5-7-15(18)8-6-14/h4-10,12-13,19-20H,1-3H3. The molecule has 106 valence electrons. The third-order valence-electron chi connectivity index (χ3n) is 3.52. The molecule has 0 fully saturated rings. The Hall–Kier alpha value is -1.51. The average Bonchev–Trinajstić information content (AvgIpc) is 2.42. The summed E-state index contributed by atoms with van der Waals surface area (Å²) in [6.45, 7) is 6.19. The van der Waals surface area contributed by atoms with Gasteiger partial charge in [0.05, 0.1) is 0 Å². The van der Waals surface area contributed by atoms with Gasteiger partial charge >= 0.3 is 0 Å². The summed E-state index contributed by atoms with van der Waals surface area (Å²) in [6.07, 6.45) is 0. The molecular formula is C17H20ClNO. The van der Waals surface area contributed by atoms with Gasteiger partial charge in [-0.1, -0.05) is 41.4 Å². The number of aryl methyl sites for hydroxylation is 1. The lowest BCUT2D eigenvalue weighted by molar-refractivity contribution is 0.438. The number of phenolic OH excluding ortho intramolecular Hbond substituents is 1. The molecule has 0 aliphatic heterocycles. The Balaban J connectivity index is 2.12. The van der Waals surface area contributed by atoms with Gasteiger partial charge in [-0.3, -0.25) is 0 Å². The Bertz CT molecular complexity index is 580. The van der Waals surface area contributed by atoms with Gasteiger partial charge in [0.1, 0.15) is 5.75 Å². The van der Waals surface area contributed by atoms with Gasteiger partial charge in [-0.05, 0) is 44.5 Å². The molecule has 2 rings (SSSR count). The number of hydrogen-bond acceptors (Lipinski definition) is 2. The van der Waals surface area contributed by atoms with E-state index in [1.807, 2.05) is 43.3 Å². The summed E-state index contributed by atoms with van der Waals surface area (Å²) in [6, 6.07) is 13.7. The Kier molecular flexibility index (Phi) is 4.69. The lowest BCUT2D eigenvalue weighted by Gasteiger charge is -2.22. The van der Waals surface area contributed by atoms with Crippen molar-refractivity contribution in [2.45, 2.75) is 32.9 Å². The molecule has 0 saturated carbocycles. The quantitative estimate of drug-likeness (QED) is 0.850. The van der Waals surface area contributed by atoms with E-state index in [1.54, 1.807) is 6.07 Å². The molecule has 2 atom stereocenters. The lowest BCUT2D eigenvalue weighted by Crippen LogP contribution is -2.22. The van der Waals surface area contributed by atoms with Crippen molar-refractivity contribution >= 4 is 11.6 Å². The number of benzene rings is 2. The minimum absolute atomic E-state index is 0.0700. The molecule has 20 heavy (non-hydrogen) atoms. The van der Waals surface area contributed by atoms with E-state index in [-0.39, 0.29) is 12.1 Å². The molecule has 2 unspecified atom stereocenters. The minimum atomic E-state index is 0.0700. The Labute approximate surface area is 125 Å². The van der Waals surface area contributed by atoms with Crippen molar-refractivity contribution < 1.29 is 5.11 Å². The highest BCUT2D eigenvalue weighted by Gasteiger charge is 2.14. The van der Waals surface area contributed by atoms with Crippen molar-refractivity contribution in [3.63, 3.8) is 0 Å². The molecule has 0 aliphatic carbocycles. The molecule has 2 N–H and O–H groups in total. The maximum absolute atomic E-state index is 9.97. The number of hydrogen-bond donors (Lipinski definition) is 2. The maximum Gasteiger partial charge on any atom is 0.120 e. The molecule has 0 bridgehead atoms. The molecule has 0 spiro atoms. The second kappa shape index (κ2) is 6.29. The first kappa shape index (κ1) is 14.9. The van der Waals surface area contributed by atoms with Crippen LogP contribution in [-0.4, -0.2) is 5.11 Å². The molecule has 2 aromatic rings. The van der Waals surface area contributed by atoms with Crippen LogP contribution in [0.15, 0.2) is 42.5 Å². The second-order valence-corrected chi connectivity index (χ2v) is 5.66. The first-order valence-corrected chi connectivity index (χ1v) is 7.16. The summed E-state index contributed by atoms with van der Waals surface area (Å²) in [7, 11) is 0. The molecule has 0 aliphatic rings. The fourth-order valence-corrected chi connectivity index (χ4v) is 2.46. The van der Waals surface area contributed by atoms with Gasteiger partial charge in [0.2, 0.25) is 0 Å². The van der Waals surface area contributed by atoms with Gasteiger partial charge in [-0.2, -0.15) is 0 Å². The van der Waals surface area contributed by atoms with Crippen LogP contribution in [0.3, 0.4) is 0 Å². The van der Waals surface area contributed by atoms with E-state index in [0.717, 1.165) is 16.1 Å². The van der Waals surface area contributed by atoms with Crippen molar-refractivity contribution in [2.24, 2.45) is 0 Å². The Morgan fingerprint density at radius 3 is 2.30 bits per heavy atom. The normalized spacial score (nSPS) is 14.0.